The van der Waals surface area contributed by atoms with Gasteiger partial charge in [0.15, 0.2) is 5.76 Å². The maximum absolute atomic E-state index is 9.94. The standard InChI is InChI=1S/C18H28O3/c1-2-3-4-5-6-7-8-9-14-17(20)18(21)15-12-10-11-13-16(15)19/h10-13,19-21H,2-9,14H2,1H3. The van der Waals surface area contributed by atoms with E-state index in [1.807, 2.05) is 0 Å². The summed E-state index contributed by atoms with van der Waals surface area (Å²) in [7, 11) is 0. The fourth-order valence-electron chi connectivity index (χ4n) is 2.37. The Balaban J connectivity index is 2.28. The molecule has 3 nitrogen and oxygen atoms in total. The van der Waals surface area contributed by atoms with Crippen LogP contribution in [0.15, 0.2) is 30.0 Å². The molecule has 0 heterocycles. The monoisotopic (exact) mass is 292 g/mol. The van der Waals surface area contributed by atoms with Crippen molar-refractivity contribution in [2.45, 2.75) is 64.7 Å². The first-order valence-electron chi connectivity index (χ1n) is 8.06. The third kappa shape index (κ3) is 6.56. The Morgan fingerprint density at radius 3 is 2.05 bits per heavy atom. The molecule has 0 aliphatic carbocycles. The van der Waals surface area contributed by atoms with Gasteiger partial charge in [-0.05, 0) is 18.6 Å². The molecule has 1 rings (SSSR count). The first kappa shape index (κ1) is 17.4. The predicted molar refractivity (Wildman–Crippen MR) is 87.5 cm³/mol. The van der Waals surface area contributed by atoms with Crippen LogP contribution in [0.2, 0.25) is 0 Å². The van der Waals surface area contributed by atoms with Crippen molar-refractivity contribution in [3.05, 3.63) is 35.6 Å². The van der Waals surface area contributed by atoms with Gasteiger partial charge in [0.2, 0.25) is 0 Å². The van der Waals surface area contributed by atoms with E-state index in [4.69, 9.17) is 0 Å². The number of unbranched alkanes of at least 4 members (excludes halogenated alkanes) is 7. The van der Waals surface area contributed by atoms with Gasteiger partial charge in [0.1, 0.15) is 11.5 Å². The molecule has 0 unspecified atom stereocenters. The number of aromatic hydroxyl groups is 1. The van der Waals surface area contributed by atoms with Crippen molar-refractivity contribution in [2.75, 3.05) is 0 Å². The van der Waals surface area contributed by atoms with Crippen molar-refractivity contribution in [1.82, 2.24) is 0 Å². The summed E-state index contributed by atoms with van der Waals surface area (Å²) in [5.74, 6) is -0.268. The van der Waals surface area contributed by atoms with Gasteiger partial charge in [0, 0.05) is 6.42 Å². The third-order valence-corrected chi connectivity index (χ3v) is 3.70. The third-order valence-electron chi connectivity index (χ3n) is 3.70. The molecule has 0 aliphatic rings. The number of allylic oxidation sites excluding steroid dienone is 1. The minimum Gasteiger partial charge on any atom is -0.508 e. The molecule has 0 saturated heterocycles. The SMILES string of the molecule is CCCCCCCCCCC(O)=C(O)c1ccccc1O. The summed E-state index contributed by atoms with van der Waals surface area (Å²) >= 11 is 0. The predicted octanol–water partition coefficient (Wildman–Crippen LogP) is 5.71. The molecule has 1 aromatic rings. The van der Waals surface area contributed by atoms with Gasteiger partial charge in [-0.1, -0.05) is 64.0 Å². The molecule has 0 atom stereocenters. The summed E-state index contributed by atoms with van der Waals surface area (Å²) in [6, 6.07) is 6.49. The molecule has 0 spiro atoms. The largest absolute Gasteiger partial charge is 0.508 e. The van der Waals surface area contributed by atoms with Crippen molar-refractivity contribution in [2.24, 2.45) is 0 Å². The van der Waals surface area contributed by atoms with Gasteiger partial charge < -0.3 is 15.3 Å². The summed E-state index contributed by atoms with van der Waals surface area (Å²) < 4.78 is 0. The maximum atomic E-state index is 9.94. The Labute approximate surface area is 128 Å². The van der Waals surface area contributed by atoms with Crippen LogP contribution >= 0.6 is 0 Å². The second-order valence-corrected chi connectivity index (χ2v) is 5.54. The number of phenolic OH excluding ortho intramolecular Hbond substituents is 1. The highest BCUT2D eigenvalue weighted by Crippen LogP contribution is 2.26. The summed E-state index contributed by atoms with van der Waals surface area (Å²) in [6.07, 6.45) is 9.98. The Hall–Kier alpha value is -1.64. The van der Waals surface area contributed by atoms with Crippen LogP contribution in [0.25, 0.3) is 5.76 Å². The van der Waals surface area contributed by atoms with Gasteiger partial charge in [-0.25, -0.2) is 0 Å². The molecule has 0 fully saturated rings. The molecule has 0 saturated carbocycles. The van der Waals surface area contributed by atoms with Crippen LogP contribution in [-0.2, 0) is 0 Å². The lowest BCUT2D eigenvalue weighted by Gasteiger charge is -2.07. The van der Waals surface area contributed by atoms with E-state index in [0.717, 1.165) is 12.8 Å². The zero-order valence-electron chi connectivity index (χ0n) is 13.0. The fourth-order valence-corrected chi connectivity index (χ4v) is 2.37. The smallest absolute Gasteiger partial charge is 0.164 e. The van der Waals surface area contributed by atoms with E-state index in [1.54, 1.807) is 18.2 Å². The van der Waals surface area contributed by atoms with E-state index in [0.29, 0.717) is 6.42 Å². The summed E-state index contributed by atoms with van der Waals surface area (Å²) in [4.78, 5) is 0. The van der Waals surface area contributed by atoms with Crippen LogP contribution in [-0.4, -0.2) is 15.3 Å². The molecule has 3 heteroatoms. The average molecular weight is 292 g/mol. The number of phenols is 1. The van der Waals surface area contributed by atoms with Crippen LogP contribution in [0.1, 0.15) is 70.3 Å². The minimum atomic E-state index is -0.212. The van der Waals surface area contributed by atoms with E-state index < -0.39 is 0 Å². The van der Waals surface area contributed by atoms with Gasteiger partial charge in [0.05, 0.1) is 5.56 Å². The lowest BCUT2D eigenvalue weighted by Crippen LogP contribution is -1.92. The van der Waals surface area contributed by atoms with Crippen molar-refractivity contribution in [1.29, 1.82) is 0 Å². The maximum Gasteiger partial charge on any atom is 0.164 e. The fraction of sp³-hybridized carbons (Fsp3) is 0.556. The zero-order valence-corrected chi connectivity index (χ0v) is 13.0. The number of benzene rings is 1. The van der Waals surface area contributed by atoms with Gasteiger partial charge in [-0.15, -0.1) is 0 Å². The number of rotatable bonds is 10. The van der Waals surface area contributed by atoms with Crippen molar-refractivity contribution >= 4 is 5.76 Å². The number of hydrogen-bond acceptors (Lipinski definition) is 3. The second kappa shape index (κ2) is 10.1. The average Bonchev–Trinajstić information content (AvgIpc) is 2.49. The number of para-hydroxylation sites is 1. The van der Waals surface area contributed by atoms with Crippen LogP contribution in [0.3, 0.4) is 0 Å². The van der Waals surface area contributed by atoms with Crippen LogP contribution in [0.5, 0.6) is 5.75 Å². The van der Waals surface area contributed by atoms with E-state index >= 15 is 0 Å². The Morgan fingerprint density at radius 1 is 0.857 bits per heavy atom. The molecule has 0 aromatic heterocycles. The van der Waals surface area contributed by atoms with Crippen LogP contribution in [0.4, 0.5) is 0 Å². The van der Waals surface area contributed by atoms with Gasteiger partial charge >= 0.3 is 0 Å². The highest BCUT2D eigenvalue weighted by Gasteiger charge is 2.10. The summed E-state index contributed by atoms with van der Waals surface area (Å²) in [5, 5.41) is 29.5. The molecular weight excluding hydrogens is 264 g/mol. The van der Waals surface area contributed by atoms with Crippen molar-refractivity contribution in [3.8, 4) is 5.75 Å². The summed E-state index contributed by atoms with van der Waals surface area (Å²) in [5.41, 5.74) is 0.287. The molecule has 0 amide bonds. The lowest BCUT2D eigenvalue weighted by atomic mass is 10.1. The highest BCUT2D eigenvalue weighted by molar-refractivity contribution is 5.65. The molecule has 0 aliphatic heterocycles. The lowest BCUT2D eigenvalue weighted by molar-refractivity contribution is 0.353. The van der Waals surface area contributed by atoms with E-state index in [9.17, 15) is 15.3 Å². The number of aliphatic hydroxyl groups is 2. The zero-order chi connectivity index (χ0) is 15.5. The Bertz CT molecular complexity index is 438. The first-order valence-corrected chi connectivity index (χ1v) is 8.06. The Kier molecular flexibility index (Phi) is 8.41. The number of aliphatic hydroxyl groups excluding tert-OH is 2. The molecule has 0 bridgehead atoms. The van der Waals surface area contributed by atoms with Crippen LogP contribution < -0.4 is 0 Å². The van der Waals surface area contributed by atoms with Crippen LogP contribution in [0, 0.1) is 0 Å². The quantitative estimate of drug-likeness (QED) is 0.382. The van der Waals surface area contributed by atoms with Crippen molar-refractivity contribution < 1.29 is 15.3 Å². The molecule has 0 radical (unpaired) electrons. The van der Waals surface area contributed by atoms with Gasteiger partial charge in [0.25, 0.3) is 0 Å². The van der Waals surface area contributed by atoms with E-state index in [-0.39, 0.29) is 22.8 Å². The molecule has 1 aromatic carbocycles. The normalized spacial score (nSPS) is 12.2. The van der Waals surface area contributed by atoms with E-state index in [2.05, 4.69) is 6.92 Å². The molecule has 118 valence electrons. The van der Waals surface area contributed by atoms with Gasteiger partial charge in [-0.3, -0.25) is 0 Å². The summed E-state index contributed by atoms with van der Waals surface area (Å²) in [6.45, 7) is 2.21. The topological polar surface area (TPSA) is 60.7 Å². The minimum absolute atomic E-state index is 0.0162. The number of hydrogen-bond donors (Lipinski definition) is 3. The molecule has 21 heavy (non-hydrogen) atoms. The molecule has 3 N–H and O–H groups in total. The van der Waals surface area contributed by atoms with Crippen molar-refractivity contribution in [3.63, 3.8) is 0 Å². The second-order valence-electron chi connectivity index (χ2n) is 5.54. The molecular formula is C18H28O3. The Morgan fingerprint density at radius 2 is 1.43 bits per heavy atom. The first-order chi connectivity index (χ1) is 10.2. The van der Waals surface area contributed by atoms with Gasteiger partial charge in [-0.2, -0.15) is 0 Å². The van der Waals surface area contributed by atoms with E-state index in [1.165, 1.54) is 44.6 Å². The highest BCUT2D eigenvalue weighted by atomic mass is 16.3.